The Hall–Kier alpha value is -3.27. The first-order valence-corrected chi connectivity index (χ1v) is 8.92. The van der Waals surface area contributed by atoms with Crippen LogP contribution in [0.3, 0.4) is 0 Å². The zero-order chi connectivity index (χ0) is 18.8. The Morgan fingerprint density at radius 1 is 0.963 bits per heavy atom. The van der Waals surface area contributed by atoms with Crippen molar-refractivity contribution in [1.82, 2.24) is 0 Å². The van der Waals surface area contributed by atoms with Gasteiger partial charge in [0.1, 0.15) is 5.75 Å². The van der Waals surface area contributed by atoms with Crippen molar-refractivity contribution in [2.24, 2.45) is 0 Å². The number of hydrogen-bond donors (Lipinski definition) is 1. The topological polar surface area (TPSA) is 55.8 Å². The van der Waals surface area contributed by atoms with E-state index in [1.165, 1.54) is 6.07 Å². The first-order chi connectivity index (χ1) is 13.1. The number of phenolic OH excluding ortho intramolecular Hbond substituents is 1. The number of aromatic hydroxyl groups is 1. The molecule has 0 radical (unpaired) electrons. The van der Waals surface area contributed by atoms with Crippen LogP contribution in [0.15, 0.2) is 66.7 Å². The van der Waals surface area contributed by atoms with Crippen LogP contribution in [0.25, 0.3) is 11.1 Å². The second kappa shape index (κ2) is 7.16. The third-order valence-corrected chi connectivity index (χ3v) is 4.81. The minimum absolute atomic E-state index is 0.00393. The fraction of sp³-hybridized carbons (Fsp3) is 0.174. The summed E-state index contributed by atoms with van der Waals surface area (Å²) in [6.07, 6.45) is 0.383. The summed E-state index contributed by atoms with van der Waals surface area (Å²) >= 11 is 0. The van der Waals surface area contributed by atoms with Gasteiger partial charge in [-0.15, -0.1) is 0 Å². The summed E-state index contributed by atoms with van der Waals surface area (Å²) in [5.41, 5.74) is 3.26. The molecule has 1 atom stereocenters. The van der Waals surface area contributed by atoms with Crippen LogP contribution in [0, 0.1) is 0 Å². The summed E-state index contributed by atoms with van der Waals surface area (Å²) < 4.78 is 10.8. The molecule has 0 saturated carbocycles. The molecule has 4 rings (SSSR count). The van der Waals surface area contributed by atoms with E-state index >= 15 is 0 Å². The lowest BCUT2D eigenvalue weighted by Crippen LogP contribution is -2.05. The number of rotatable bonds is 5. The number of fused-ring (bicyclic) bond motifs is 1. The molecule has 0 spiro atoms. The second-order valence-electron chi connectivity index (χ2n) is 6.78. The van der Waals surface area contributed by atoms with Gasteiger partial charge >= 0.3 is 0 Å². The number of carbonyl (C=O) groups excluding carboxylic acids is 1. The molecule has 4 nitrogen and oxygen atoms in total. The molecule has 0 bridgehead atoms. The van der Waals surface area contributed by atoms with Crippen molar-refractivity contribution in [3.05, 3.63) is 77.9 Å². The van der Waals surface area contributed by atoms with Crippen molar-refractivity contribution >= 4 is 5.78 Å². The maximum absolute atomic E-state index is 12.8. The molecule has 0 amide bonds. The molecule has 0 aliphatic carbocycles. The molecule has 136 valence electrons. The number of phenols is 1. The molecule has 1 aliphatic rings. The largest absolute Gasteiger partial charge is 0.508 e. The highest BCUT2D eigenvalue weighted by Gasteiger charge is 2.17. The molecule has 0 fully saturated rings. The third kappa shape index (κ3) is 3.65. The van der Waals surface area contributed by atoms with Crippen LogP contribution >= 0.6 is 0 Å². The van der Waals surface area contributed by atoms with Crippen LogP contribution in [-0.2, 0) is 0 Å². The van der Waals surface area contributed by atoms with Gasteiger partial charge in [0, 0.05) is 12.0 Å². The maximum Gasteiger partial charge on any atom is 0.231 e. The lowest BCUT2D eigenvalue weighted by molar-refractivity contribution is 0.0975. The van der Waals surface area contributed by atoms with Gasteiger partial charge in [-0.05, 0) is 52.9 Å². The van der Waals surface area contributed by atoms with Crippen molar-refractivity contribution in [2.75, 3.05) is 6.79 Å². The molecule has 4 heteroatoms. The summed E-state index contributed by atoms with van der Waals surface area (Å²) in [6.45, 7) is 2.24. The maximum atomic E-state index is 12.8. The zero-order valence-electron chi connectivity index (χ0n) is 15.0. The van der Waals surface area contributed by atoms with Gasteiger partial charge in [0.2, 0.25) is 6.79 Å². The predicted molar refractivity (Wildman–Crippen MR) is 103 cm³/mol. The van der Waals surface area contributed by atoms with Gasteiger partial charge in [-0.1, -0.05) is 43.3 Å². The number of carbonyl (C=O) groups is 1. The first kappa shape index (κ1) is 17.2. The Morgan fingerprint density at radius 2 is 1.74 bits per heavy atom. The number of benzene rings is 3. The van der Waals surface area contributed by atoms with Gasteiger partial charge < -0.3 is 14.6 Å². The molecule has 0 saturated heterocycles. The summed E-state index contributed by atoms with van der Waals surface area (Å²) in [5.74, 6) is 1.55. The van der Waals surface area contributed by atoms with E-state index in [1.54, 1.807) is 6.07 Å². The Kier molecular flexibility index (Phi) is 4.55. The number of hydrogen-bond acceptors (Lipinski definition) is 4. The van der Waals surface area contributed by atoms with E-state index in [-0.39, 0.29) is 24.2 Å². The summed E-state index contributed by atoms with van der Waals surface area (Å²) in [4.78, 5) is 12.8. The Labute approximate surface area is 158 Å². The normalized spacial score (nSPS) is 13.4. The Morgan fingerprint density at radius 3 is 2.56 bits per heavy atom. The summed E-state index contributed by atoms with van der Waals surface area (Å²) in [5, 5.41) is 10.1. The van der Waals surface area contributed by atoms with Crippen LogP contribution < -0.4 is 9.47 Å². The lowest BCUT2D eigenvalue weighted by Gasteiger charge is -2.12. The molecular weight excluding hydrogens is 340 g/mol. The standard InChI is InChI=1S/C23H20O4/c1-15(16-5-3-2-4-6-16)9-21(25)19-10-18(11-20(24)12-19)17-7-8-22-23(13-17)27-14-26-22/h2-8,10-13,15,24H,9,14H2,1H3. The molecule has 1 unspecified atom stereocenters. The highest BCUT2D eigenvalue weighted by Crippen LogP contribution is 2.37. The molecule has 3 aromatic carbocycles. The van der Waals surface area contributed by atoms with Crippen LogP contribution in [0.4, 0.5) is 0 Å². The highest BCUT2D eigenvalue weighted by molar-refractivity contribution is 5.98. The van der Waals surface area contributed by atoms with Crippen molar-refractivity contribution in [3.8, 4) is 28.4 Å². The number of ketones is 1. The predicted octanol–water partition coefficient (Wildman–Crippen LogP) is 5.16. The van der Waals surface area contributed by atoms with E-state index in [4.69, 9.17) is 9.47 Å². The molecule has 27 heavy (non-hydrogen) atoms. The van der Waals surface area contributed by atoms with Crippen LogP contribution in [0.5, 0.6) is 17.2 Å². The van der Waals surface area contributed by atoms with Gasteiger partial charge in [-0.2, -0.15) is 0 Å². The van der Waals surface area contributed by atoms with Gasteiger partial charge in [-0.25, -0.2) is 0 Å². The van der Waals surface area contributed by atoms with Crippen molar-refractivity contribution in [1.29, 1.82) is 0 Å². The molecule has 0 aromatic heterocycles. The summed E-state index contributed by atoms with van der Waals surface area (Å²) in [6, 6.07) is 20.5. The van der Waals surface area contributed by atoms with E-state index in [9.17, 15) is 9.90 Å². The van der Waals surface area contributed by atoms with E-state index in [0.29, 0.717) is 23.5 Å². The average molecular weight is 360 g/mol. The van der Waals surface area contributed by atoms with Crippen molar-refractivity contribution in [3.63, 3.8) is 0 Å². The van der Waals surface area contributed by atoms with Crippen molar-refractivity contribution in [2.45, 2.75) is 19.3 Å². The second-order valence-corrected chi connectivity index (χ2v) is 6.78. The summed E-state index contributed by atoms with van der Waals surface area (Å²) in [7, 11) is 0. The molecule has 1 aliphatic heterocycles. The molecule has 1 N–H and O–H groups in total. The average Bonchev–Trinajstić information content (AvgIpc) is 3.16. The van der Waals surface area contributed by atoms with Gasteiger partial charge in [0.15, 0.2) is 17.3 Å². The monoisotopic (exact) mass is 360 g/mol. The van der Waals surface area contributed by atoms with Gasteiger partial charge in [-0.3, -0.25) is 4.79 Å². The lowest BCUT2D eigenvalue weighted by atomic mass is 9.92. The molecular formula is C23H20O4. The first-order valence-electron chi connectivity index (χ1n) is 8.92. The minimum Gasteiger partial charge on any atom is -0.508 e. The quantitative estimate of drug-likeness (QED) is 0.638. The van der Waals surface area contributed by atoms with E-state index in [2.05, 4.69) is 0 Å². The minimum atomic E-state index is 0.00393. The zero-order valence-corrected chi connectivity index (χ0v) is 15.0. The number of Topliss-reactive ketones (excluding diaryl/α,β-unsaturated/α-hetero) is 1. The van der Waals surface area contributed by atoms with Crippen molar-refractivity contribution < 1.29 is 19.4 Å². The molecule has 3 aromatic rings. The van der Waals surface area contributed by atoms with Crippen LogP contribution in [0.2, 0.25) is 0 Å². The third-order valence-electron chi connectivity index (χ3n) is 4.81. The Balaban J connectivity index is 1.59. The number of ether oxygens (including phenoxy) is 2. The van der Waals surface area contributed by atoms with Crippen LogP contribution in [0.1, 0.15) is 35.2 Å². The fourth-order valence-electron chi connectivity index (χ4n) is 3.31. The Bertz CT molecular complexity index is 979. The van der Waals surface area contributed by atoms with Gasteiger partial charge in [0.05, 0.1) is 0 Å². The van der Waals surface area contributed by atoms with Crippen LogP contribution in [-0.4, -0.2) is 17.7 Å². The highest BCUT2D eigenvalue weighted by atomic mass is 16.7. The van der Waals surface area contributed by atoms with E-state index in [0.717, 1.165) is 16.7 Å². The molecule has 1 heterocycles. The SMILES string of the molecule is CC(CC(=O)c1cc(O)cc(-c2ccc3c(c2)OCO3)c1)c1ccccc1. The fourth-order valence-corrected chi connectivity index (χ4v) is 3.31. The van der Waals surface area contributed by atoms with E-state index < -0.39 is 0 Å². The van der Waals surface area contributed by atoms with E-state index in [1.807, 2.05) is 61.5 Å². The van der Waals surface area contributed by atoms with Gasteiger partial charge in [0.25, 0.3) is 0 Å². The smallest absolute Gasteiger partial charge is 0.231 e.